The number of allylic oxidation sites excluding steroid dienone is 3. The summed E-state index contributed by atoms with van der Waals surface area (Å²) in [5.41, 5.74) is 3.85. The molecule has 1 aliphatic carbocycles. The zero-order valence-electron chi connectivity index (χ0n) is 18.8. The van der Waals surface area contributed by atoms with Crippen molar-refractivity contribution in [3.63, 3.8) is 0 Å². The number of nitrogens with one attached hydrogen (secondary N) is 1. The molecule has 1 amide bonds. The number of halogens is 1. The molecule has 2 heterocycles. The summed E-state index contributed by atoms with van der Waals surface area (Å²) in [5, 5.41) is 3.39. The Labute approximate surface area is 196 Å². The molecule has 0 bridgehead atoms. The molecule has 1 saturated heterocycles. The van der Waals surface area contributed by atoms with E-state index in [0.29, 0.717) is 62.0 Å². The summed E-state index contributed by atoms with van der Waals surface area (Å²) in [5.74, 6) is 0.745. The van der Waals surface area contributed by atoms with E-state index in [-0.39, 0.29) is 11.7 Å². The summed E-state index contributed by atoms with van der Waals surface area (Å²) in [4.78, 5) is 28.7. The van der Waals surface area contributed by atoms with E-state index in [1.54, 1.807) is 7.11 Å². The lowest BCUT2D eigenvalue weighted by Gasteiger charge is -2.37. The predicted octanol–water partition coefficient (Wildman–Crippen LogP) is 3.68. The van der Waals surface area contributed by atoms with Crippen LogP contribution in [0.2, 0.25) is 0 Å². The molecule has 1 N–H and O–H groups in total. The highest BCUT2D eigenvalue weighted by atomic mass is 79.9. The number of ether oxygens (including phenoxy) is 3. The molecule has 1 aromatic rings. The van der Waals surface area contributed by atoms with E-state index in [0.717, 1.165) is 34.3 Å². The maximum atomic E-state index is 13.7. The van der Waals surface area contributed by atoms with Gasteiger partial charge in [0.15, 0.2) is 17.3 Å². The van der Waals surface area contributed by atoms with Crippen molar-refractivity contribution >= 4 is 27.6 Å². The highest BCUT2D eigenvalue weighted by Gasteiger charge is 2.40. The number of ketones is 1. The van der Waals surface area contributed by atoms with E-state index >= 15 is 0 Å². The van der Waals surface area contributed by atoms with Crippen LogP contribution in [0.15, 0.2) is 39.1 Å². The molecule has 0 unspecified atom stereocenters. The molecule has 2 aliphatic heterocycles. The Morgan fingerprint density at radius 2 is 2.03 bits per heavy atom. The molecule has 1 aromatic carbocycles. The Morgan fingerprint density at radius 1 is 1.28 bits per heavy atom. The third-order valence-electron chi connectivity index (χ3n) is 6.18. The van der Waals surface area contributed by atoms with Crippen molar-refractivity contribution in [2.45, 2.75) is 39.0 Å². The van der Waals surface area contributed by atoms with Crippen LogP contribution in [-0.2, 0) is 14.3 Å². The molecular formula is C24H29BrN2O5. The largest absolute Gasteiger partial charge is 0.493 e. The van der Waals surface area contributed by atoms with Crippen LogP contribution in [0, 0.1) is 0 Å². The van der Waals surface area contributed by atoms with E-state index in [9.17, 15) is 9.59 Å². The molecule has 172 valence electrons. The molecule has 0 radical (unpaired) electrons. The summed E-state index contributed by atoms with van der Waals surface area (Å²) in [6.07, 6.45) is 2.10. The van der Waals surface area contributed by atoms with E-state index in [2.05, 4.69) is 21.2 Å². The fourth-order valence-electron chi connectivity index (χ4n) is 4.73. The molecule has 0 saturated carbocycles. The van der Waals surface area contributed by atoms with Gasteiger partial charge in [0.05, 0.1) is 31.4 Å². The van der Waals surface area contributed by atoms with Crippen LogP contribution < -0.4 is 14.8 Å². The van der Waals surface area contributed by atoms with Gasteiger partial charge >= 0.3 is 0 Å². The molecule has 0 aromatic heterocycles. The molecular weight excluding hydrogens is 476 g/mol. The first kappa shape index (κ1) is 22.9. The second-order valence-corrected chi connectivity index (χ2v) is 8.99. The number of rotatable bonds is 5. The number of Topliss-reactive ketones (excluding diaryl/α,β-unsaturated/α-hetero) is 1. The first-order valence-corrected chi connectivity index (χ1v) is 11.9. The number of carbonyl (C=O) groups excluding carboxylic acids is 2. The number of methoxy groups -OCH3 is 1. The normalized spacial score (nSPS) is 21.3. The number of hydrogen-bond donors (Lipinski definition) is 1. The highest BCUT2D eigenvalue weighted by Crippen LogP contribution is 2.46. The van der Waals surface area contributed by atoms with Crippen LogP contribution in [0.25, 0.3) is 0 Å². The number of dihydropyridines is 1. The van der Waals surface area contributed by atoms with Gasteiger partial charge in [0, 0.05) is 48.0 Å². The lowest BCUT2D eigenvalue weighted by atomic mass is 9.74. The predicted molar refractivity (Wildman–Crippen MR) is 124 cm³/mol. The Bertz CT molecular complexity index is 994. The van der Waals surface area contributed by atoms with Gasteiger partial charge in [0.2, 0.25) is 0 Å². The SMILES string of the molecule is CCOc1c(Br)cc([C@@H]2C(C(=O)N3CCOCC3)=C(C)NC3=C2C(=O)CCC3)cc1OC. The maximum absolute atomic E-state index is 13.7. The van der Waals surface area contributed by atoms with Crippen LogP contribution in [-0.4, -0.2) is 56.6 Å². The van der Waals surface area contributed by atoms with Gasteiger partial charge in [-0.3, -0.25) is 9.59 Å². The third kappa shape index (κ3) is 4.18. The van der Waals surface area contributed by atoms with Gasteiger partial charge in [0.1, 0.15) is 0 Å². The fourth-order valence-corrected chi connectivity index (χ4v) is 5.30. The molecule has 1 atom stereocenters. The van der Waals surface area contributed by atoms with Crippen molar-refractivity contribution in [3.05, 3.63) is 44.7 Å². The van der Waals surface area contributed by atoms with Gasteiger partial charge in [-0.1, -0.05) is 0 Å². The lowest BCUT2D eigenvalue weighted by molar-refractivity contribution is -0.131. The number of morpholine rings is 1. The number of hydrogen-bond acceptors (Lipinski definition) is 6. The van der Waals surface area contributed by atoms with Gasteiger partial charge in [-0.15, -0.1) is 0 Å². The van der Waals surface area contributed by atoms with Crippen molar-refractivity contribution < 1.29 is 23.8 Å². The summed E-state index contributed by atoms with van der Waals surface area (Å²) in [7, 11) is 1.59. The molecule has 0 spiro atoms. The van der Waals surface area contributed by atoms with Crippen molar-refractivity contribution in [1.82, 2.24) is 10.2 Å². The molecule has 8 heteroatoms. The minimum Gasteiger partial charge on any atom is -0.493 e. The lowest BCUT2D eigenvalue weighted by Crippen LogP contribution is -2.44. The Hall–Kier alpha value is -2.32. The van der Waals surface area contributed by atoms with E-state index in [4.69, 9.17) is 14.2 Å². The quantitative estimate of drug-likeness (QED) is 0.658. The van der Waals surface area contributed by atoms with E-state index in [1.807, 2.05) is 30.9 Å². The average Bonchev–Trinajstić information content (AvgIpc) is 2.79. The highest BCUT2D eigenvalue weighted by molar-refractivity contribution is 9.10. The summed E-state index contributed by atoms with van der Waals surface area (Å²) >= 11 is 3.61. The fraction of sp³-hybridized carbons (Fsp3) is 0.500. The monoisotopic (exact) mass is 504 g/mol. The minimum absolute atomic E-state index is 0.0582. The average molecular weight is 505 g/mol. The van der Waals surface area contributed by atoms with Crippen molar-refractivity contribution in [1.29, 1.82) is 0 Å². The van der Waals surface area contributed by atoms with Crippen LogP contribution in [0.3, 0.4) is 0 Å². The first-order chi connectivity index (χ1) is 15.5. The van der Waals surface area contributed by atoms with Crippen LogP contribution in [0.4, 0.5) is 0 Å². The number of nitrogens with zero attached hydrogens (tertiary/aromatic N) is 1. The smallest absolute Gasteiger partial charge is 0.252 e. The van der Waals surface area contributed by atoms with Gasteiger partial charge in [-0.25, -0.2) is 0 Å². The number of carbonyl (C=O) groups is 2. The maximum Gasteiger partial charge on any atom is 0.252 e. The Morgan fingerprint density at radius 3 is 2.72 bits per heavy atom. The Kier molecular flexibility index (Phi) is 6.90. The second-order valence-electron chi connectivity index (χ2n) is 8.14. The number of amides is 1. The zero-order valence-corrected chi connectivity index (χ0v) is 20.3. The molecule has 32 heavy (non-hydrogen) atoms. The Balaban J connectivity index is 1.86. The van der Waals surface area contributed by atoms with Gasteiger partial charge in [-0.05, 0) is 60.3 Å². The van der Waals surface area contributed by atoms with Crippen molar-refractivity contribution in [2.24, 2.45) is 0 Å². The summed E-state index contributed by atoms with van der Waals surface area (Å²) in [6, 6.07) is 3.83. The minimum atomic E-state index is -0.463. The van der Waals surface area contributed by atoms with E-state index in [1.165, 1.54) is 0 Å². The van der Waals surface area contributed by atoms with Crippen LogP contribution in [0.1, 0.15) is 44.6 Å². The van der Waals surface area contributed by atoms with Crippen LogP contribution in [0.5, 0.6) is 11.5 Å². The second kappa shape index (κ2) is 9.67. The molecule has 3 aliphatic rings. The first-order valence-electron chi connectivity index (χ1n) is 11.1. The third-order valence-corrected chi connectivity index (χ3v) is 6.77. The standard InChI is InChI=1S/C24H29BrN2O5/c1-4-32-23-16(25)12-15(13-19(23)30-3)21-20(24(29)27-8-10-31-11-9-27)14(2)26-17-6-5-7-18(28)22(17)21/h12-13,21,26H,4-11H2,1-3H3/t21-/m1/s1. The molecule has 1 fully saturated rings. The van der Waals surface area contributed by atoms with E-state index < -0.39 is 5.92 Å². The number of benzene rings is 1. The summed E-state index contributed by atoms with van der Waals surface area (Å²) < 4.78 is 17.5. The van der Waals surface area contributed by atoms with Crippen molar-refractivity contribution in [2.75, 3.05) is 40.0 Å². The zero-order chi connectivity index (χ0) is 22.8. The molecule has 7 nitrogen and oxygen atoms in total. The van der Waals surface area contributed by atoms with Crippen LogP contribution >= 0.6 is 15.9 Å². The van der Waals surface area contributed by atoms with Gasteiger partial charge in [0.25, 0.3) is 5.91 Å². The van der Waals surface area contributed by atoms with Gasteiger partial charge < -0.3 is 24.4 Å². The summed E-state index contributed by atoms with van der Waals surface area (Å²) in [6.45, 7) is 6.45. The van der Waals surface area contributed by atoms with Gasteiger partial charge in [-0.2, -0.15) is 0 Å². The molecule has 4 rings (SSSR count). The topological polar surface area (TPSA) is 77.1 Å². The van der Waals surface area contributed by atoms with Crippen molar-refractivity contribution in [3.8, 4) is 11.5 Å².